The maximum absolute atomic E-state index is 5.44. The Morgan fingerprint density at radius 1 is 1.14 bits per heavy atom. The molecular weight excluding hydrogens is 240 g/mol. The van der Waals surface area contributed by atoms with Gasteiger partial charge in [-0.15, -0.1) is 0 Å². The molecule has 1 atom stereocenters. The monoisotopic (exact) mass is 264 g/mol. The molecule has 1 nitrogen and oxygen atoms in total. The summed E-state index contributed by atoms with van der Waals surface area (Å²) in [4.78, 5) is 0. The molecular formula is C12H25BrO. The van der Waals surface area contributed by atoms with E-state index in [0.717, 1.165) is 11.8 Å². The Morgan fingerprint density at radius 3 is 1.93 bits per heavy atom. The third-order valence-corrected chi connectivity index (χ3v) is 4.83. The summed E-state index contributed by atoms with van der Waals surface area (Å²) < 4.78 is 5.44. The number of hydrogen-bond donors (Lipinski definition) is 0. The van der Waals surface area contributed by atoms with Gasteiger partial charge < -0.3 is 4.74 Å². The fraction of sp³-hybridized carbons (Fsp3) is 1.00. The molecule has 0 aliphatic heterocycles. The third-order valence-electron chi connectivity index (χ3n) is 3.55. The molecule has 1 unspecified atom stereocenters. The predicted molar refractivity (Wildman–Crippen MR) is 67.1 cm³/mol. The van der Waals surface area contributed by atoms with Crippen LogP contribution < -0.4 is 0 Å². The molecule has 0 aromatic carbocycles. The lowest BCUT2D eigenvalue weighted by atomic mass is 9.75. The van der Waals surface area contributed by atoms with Crippen molar-refractivity contribution in [2.45, 2.75) is 53.1 Å². The third kappa shape index (κ3) is 4.31. The molecule has 0 heterocycles. The largest absolute Gasteiger partial charge is 0.379 e. The van der Waals surface area contributed by atoms with Crippen LogP contribution in [0.5, 0.6) is 0 Å². The average Bonchev–Trinajstić information content (AvgIpc) is 2.14. The van der Waals surface area contributed by atoms with Crippen LogP contribution in [0.4, 0.5) is 0 Å². The van der Waals surface area contributed by atoms with Crippen molar-refractivity contribution in [2.24, 2.45) is 11.3 Å². The average molecular weight is 265 g/mol. The lowest BCUT2D eigenvalue weighted by Gasteiger charge is -2.35. The van der Waals surface area contributed by atoms with Gasteiger partial charge in [0.1, 0.15) is 0 Å². The maximum Gasteiger partial charge on any atom is 0.0623 e. The summed E-state index contributed by atoms with van der Waals surface area (Å²) in [6.07, 6.45) is 2.32. The van der Waals surface area contributed by atoms with E-state index in [1.54, 1.807) is 7.11 Å². The first-order valence-corrected chi connectivity index (χ1v) is 6.51. The molecule has 0 aliphatic rings. The van der Waals surface area contributed by atoms with Gasteiger partial charge in [0, 0.05) is 12.4 Å². The van der Waals surface area contributed by atoms with E-state index in [4.69, 9.17) is 4.74 Å². The number of methoxy groups -OCH3 is 1. The van der Waals surface area contributed by atoms with Crippen molar-refractivity contribution in [2.75, 3.05) is 12.4 Å². The summed E-state index contributed by atoms with van der Waals surface area (Å²) in [5, 5.41) is 1.07. The molecule has 0 spiro atoms. The van der Waals surface area contributed by atoms with Crippen LogP contribution in [0.3, 0.4) is 0 Å². The van der Waals surface area contributed by atoms with Gasteiger partial charge in [-0.1, -0.05) is 36.7 Å². The molecule has 0 rings (SSSR count). The molecule has 0 aromatic heterocycles. The van der Waals surface area contributed by atoms with E-state index in [1.807, 2.05) is 0 Å². The van der Waals surface area contributed by atoms with Crippen molar-refractivity contribution in [3.8, 4) is 0 Å². The van der Waals surface area contributed by atoms with Crippen molar-refractivity contribution in [3.63, 3.8) is 0 Å². The van der Waals surface area contributed by atoms with E-state index < -0.39 is 0 Å². The molecule has 0 fully saturated rings. The lowest BCUT2D eigenvalue weighted by molar-refractivity contribution is 0.00293. The van der Waals surface area contributed by atoms with Gasteiger partial charge in [0.2, 0.25) is 0 Å². The molecule has 0 amide bonds. The second kappa shape index (κ2) is 5.50. The second-order valence-corrected chi connectivity index (χ2v) is 5.97. The number of alkyl halides is 1. The molecule has 0 saturated carbocycles. The van der Waals surface area contributed by atoms with E-state index in [-0.39, 0.29) is 5.60 Å². The predicted octanol–water partition coefficient (Wildman–Crippen LogP) is 4.25. The summed E-state index contributed by atoms with van der Waals surface area (Å²) in [5.41, 5.74) is 0.397. The zero-order valence-electron chi connectivity index (χ0n) is 10.5. The summed E-state index contributed by atoms with van der Waals surface area (Å²) in [6, 6.07) is 0. The zero-order valence-corrected chi connectivity index (χ0v) is 12.1. The van der Waals surface area contributed by atoms with Crippen LogP contribution in [0.15, 0.2) is 0 Å². The summed E-state index contributed by atoms with van der Waals surface area (Å²) in [6.45, 7) is 11.2. The zero-order chi connectivity index (χ0) is 11.4. The molecule has 86 valence electrons. The Bertz CT molecular complexity index is 166. The Labute approximate surface area is 97.7 Å². The van der Waals surface area contributed by atoms with Gasteiger partial charge in [0.15, 0.2) is 0 Å². The Balaban J connectivity index is 4.21. The van der Waals surface area contributed by atoms with Crippen molar-refractivity contribution in [3.05, 3.63) is 0 Å². The van der Waals surface area contributed by atoms with Crippen LogP contribution >= 0.6 is 15.9 Å². The number of ether oxygens (including phenoxy) is 1. The molecule has 0 bridgehead atoms. The van der Waals surface area contributed by atoms with Gasteiger partial charge in [0.25, 0.3) is 0 Å². The Kier molecular flexibility index (Phi) is 5.68. The quantitative estimate of drug-likeness (QED) is 0.652. The number of hydrogen-bond acceptors (Lipinski definition) is 1. The van der Waals surface area contributed by atoms with Crippen LogP contribution in [0.2, 0.25) is 0 Å². The normalized spacial score (nSPS) is 17.1. The highest BCUT2D eigenvalue weighted by atomic mass is 79.9. The summed E-state index contributed by atoms with van der Waals surface area (Å²) in [7, 11) is 1.79. The van der Waals surface area contributed by atoms with Gasteiger partial charge in [-0.25, -0.2) is 0 Å². The molecule has 0 aliphatic carbocycles. The molecule has 14 heavy (non-hydrogen) atoms. The standard InChI is InChI=1S/C12H25BrO/c1-10(2)12(5,9-13)8-7-11(3,4)14-6/h10H,7-9H2,1-6H3. The second-order valence-electron chi connectivity index (χ2n) is 5.41. The minimum absolute atomic E-state index is 0.0122. The van der Waals surface area contributed by atoms with Crippen LogP contribution in [0.1, 0.15) is 47.5 Å². The van der Waals surface area contributed by atoms with Crippen LogP contribution in [0, 0.1) is 11.3 Å². The minimum atomic E-state index is 0.0122. The number of halogens is 1. The molecule has 0 aromatic rings. The minimum Gasteiger partial charge on any atom is -0.379 e. The molecule has 0 saturated heterocycles. The Hall–Kier alpha value is 0.440. The fourth-order valence-corrected chi connectivity index (χ4v) is 2.13. The van der Waals surface area contributed by atoms with Crippen LogP contribution in [-0.2, 0) is 4.74 Å². The first-order chi connectivity index (χ1) is 6.27. The highest BCUT2D eigenvalue weighted by Gasteiger charge is 2.29. The number of rotatable bonds is 6. The highest BCUT2D eigenvalue weighted by Crippen LogP contribution is 2.36. The lowest BCUT2D eigenvalue weighted by Crippen LogP contribution is -2.30. The SMILES string of the molecule is COC(C)(C)CCC(C)(CBr)C(C)C. The molecule has 0 radical (unpaired) electrons. The Morgan fingerprint density at radius 2 is 1.64 bits per heavy atom. The molecule has 0 N–H and O–H groups in total. The van der Waals surface area contributed by atoms with Crippen molar-refractivity contribution in [1.82, 2.24) is 0 Å². The van der Waals surface area contributed by atoms with E-state index in [2.05, 4.69) is 50.5 Å². The van der Waals surface area contributed by atoms with Gasteiger partial charge >= 0.3 is 0 Å². The van der Waals surface area contributed by atoms with Gasteiger partial charge in [0.05, 0.1) is 5.60 Å². The van der Waals surface area contributed by atoms with Gasteiger partial charge in [-0.05, 0) is 38.0 Å². The van der Waals surface area contributed by atoms with E-state index >= 15 is 0 Å². The topological polar surface area (TPSA) is 9.23 Å². The van der Waals surface area contributed by atoms with Gasteiger partial charge in [-0.2, -0.15) is 0 Å². The first-order valence-electron chi connectivity index (χ1n) is 5.38. The summed E-state index contributed by atoms with van der Waals surface area (Å²) in [5.74, 6) is 0.703. The van der Waals surface area contributed by atoms with Crippen molar-refractivity contribution in [1.29, 1.82) is 0 Å². The molecule has 2 heteroatoms. The smallest absolute Gasteiger partial charge is 0.0623 e. The fourth-order valence-electron chi connectivity index (χ4n) is 1.20. The van der Waals surface area contributed by atoms with E-state index in [0.29, 0.717) is 11.3 Å². The first kappa shape index (κ1) is 14.4. The van der Waals surface area contributed by atoms with Gasteiger partial charge in [-0.3, -0.25) is 0 Å². The van der Waals surface area contributed by atoms with Crippen LogP contribution in [0.25, 0.3) is 0 Å². The van der Waals surface area contributed by atoms with Crippen LogP contribution in [-0.4, -0.2) is 18.0 Å². The van der Waals surface area contributed by atoms with Crippen molar-refractivity contribution >= 4 is 15.9 Å². The maximum atomic E-state index is 5.44. The highest BCUT2D eigenvalue weighted by molar-refractivity contribution is 9.09. The van der Waals surface area contributed by atoms with E-state index in [1.165, 1.54) is 6.42 Å². The van der Waals surface area contributed by atoms with Crippen molar-refractivity contribution < 1.29 is 4.74 Å². The summed E-state index contributed by atoms with van der Waals surface area (Å²) >= 11 is 3.62. The van der Waals surface area contributed by atoms with E-state index in [9.17, 15) is 0 Å².